The second kappa shape index (κ2) is 7.46. The number of carbonyl (C=O) groups excluding carboxylic acids is 2. The minimum Gasteiger partial charge on any atom is -0.484 e. The van der Waals surface area contributed by atoms with Crippen molar-refractivity contribution in [2.45, 2.75) is 59.4 Å². The number of hydrogen-bond donors (Lipinski definition) is 1. The molecule has 1 N–H and O–H groups in total. The molecule has 138 valence electrons. The van der Waals surface area contributed by atoms with Crippen LogP contribution in [-0.4, -0.2) is 30.5 Å². The van der Waals surface area contributed by atoms with Crippen molar-refractivity contribution in [1.82, 2.24) is 5.32 Å². The number of ether oxygens (including phenoxy) is 1. The largest absolute Gasteiger partial charge is 0.484 e. The molecule has 1 aliphatic rings. The van der Waals surface area contributed by atoms with Crippen LogP contribution in [0.25, 0.3) is 0 Å². The zero-order valence-corrected chi connectivity index (χ0v) is 16.0. The van der Waals surface area contributed by atoms with Gasteiger partial charge in [-0.3, -0.25) is 9.59 Å². The van der Waals surface area contributed by atoms with Gasteiger partial charge >= 0.3 is 0 Å². The maximum absolute atomic E-state index is 12.1. The van der Waals surface area contributed by atoms with Crippen molar-refractivity contribution >= 4 is 17.5 Å². The average Bonchev–Trinajstić information content (AvgIpc) is 2.88. The summed E-state index contributed by atoms with van der Waals surface area (Å²) in [7, 11) is 0. The SMILES string of the molecule is CC(C)(C)CC(C)(C)NC(=O)COc1ccc(N2CCCC2=O)cc1. The van der Waals surface area contributed by atoms with Crippen molar-refractivity contribution in [3.8, 4) is 5.75 Å². The van der Waals surface area contributed by atoms with Gasteiger partial charge in [0.15, 0.2) is 6.61 Å². The third kappa shape index (κ3) is 6.07. The number of benzene rings is 1. The van der Waals surface area contributed by atoms with Crippen molar-refractivity contribution < 1.29 is 14.3 Å². The predicted octanol–water partition coefficient (Wildman–Crippen LogP) is 3.52. The third-order valence-corrected chi connectivity index (χ3v) is 4.04. The second-order valence-electron chi connectivity index (χ2n) is 8.60. The number of nitrogens with one attached hydrogen (secondary N) is 1. The van der Waals surface area contributed by atoms with E-state index in [1.165, 1.54) is 0 Å². The van der Waals surface area contributed by atoms with Gasteiger partial charge in [0, 0.05) is 24.2 Å². The quantitative estimate of drug-likeness (QED) is 0.857. The summed E-state index contributed by atoms with van der Waals surface area (Å²) < 4.78 is 5.57. The Bertz CT molecular complexity index is 615. The molecule has 5 heteroatoms. The normalized spacial score (nSPS) is 15.4. The van der Waals surface area contributed by atoms with Crippen molar-refractivity contribution in [3.63, 3.8) is 0 Å². The molecule has 0 saturated carbocycles. The molecule has 0 aromatic heterocycles. The van der Waals surface area contributed by atoms with Crippen LogP contribution in [0.15, 0.2) is 24.3 Å². The van der Waals surface area contributed by atoms with Crippen molar-refractivity contribution in [1.29, 1.82) is 0 Å². The van der Waals surface area contributed by atoms with E-state index in [0.717, 1.165) is 25.1 Å². The van der Waals surface area contributed by atoms with E-state index in [9.17, 15) is 9.59 Å². The fourth-order valence-corrected chi connectivity index (χ4v) is 3.58. The molecular formula is C20H30N2O3. The first-order valence-electron chi connectivity index (χ1n) is 8.90. The number of amides is 2. The predicted molar refractivity (Wildman–Crippen MR) is 99.8 cm³/mol. The highest BCUT2D eigenvalue weighted by Crippen LogP contribution is 2.27. The van der Waals surface area contributed by atoms with Crippen LogP contribution in [0.5, 0.6) is 5.75 Å². The highest BCUT2D eigenvalue weighted by atomic mass is 16.5. The highest BCUT2D eigenvalue weighted by molar-refractivity contribution is 5.95. The Morgan fingerprint density at radius 2 is 1.80 bits per heavy atom. The fraction of sp³-hybridized carbons (Fsp3) is 0.600. The van der Waals surface area contributed by atoms with Gasteiger partial charge in [-0.05, 0) is 56.4 Å². The lowest BCUT2D eigenvalue weighted by Crippen LogP contribution is -2.47. The van der Waals surface area contributed by atoms with Crippen LogP contribution in [0, 0.1) is 5.41 Å². The molecule has 1 aromatic rings. The molecular weight excluding hydrogens is 316 g/mol. The molecule has 0 atom stereocenters. The van der Waals surface area contributed by atoms with Crippen LogP contribution in [-0.2, 0) is 9.59 Å². The van der Waals surface area contributed by atoms with Gasteiger partial charge in [0.1, 0.15) is 5.75 Å². The van der Waals surface area contributed by atoms with Gasteiger partial charge in [-0.25, -0.2) is 0 Å². The summed E-state index contributed by atoms with van der Waals surface area (Å²) in [5.41, 5.74) is 0.740. The molecule has 2 amide bonds. The van der Waals surface area contributed by atoms with E-state index in [2.05, 4.69) is 26.1 Å². The van der Waals surface area contributed by atoms with Crippen molar-refractivity contribution in [2.75, 3.05) is 18.1 Å². The summed E-state index contributed by atoms with van der Waals surface area (Å²) in [4.78, 5) is 25.7. The van der Waals surface area contributed by atoms with Gasteiger partial charge in [0.05, 0.1) is 0 Å². The fourth-order valence-electron chi connectivity index (χ4n) is 3.58. The molecule has 1 aromatic carbocycles. The first-order chi connectivity index (χ1) is 11.6. The van der Waals surface area contributed by atoms with E-state index in [0.29, 0.717) is 12.2 Å². The maximum atomic E-state index is 12.1. The number of carbonyl (C=O) groups is 2. The second-order valence-corrected chi connectivity index (χ2v) is 8.60. The molecule has 1 saturated heterocycles. The summed E-state index contributed by atoms with van der Waals surface area (Å²) >= 11 is 0. The Morgan fingerprint density at radius 3 is 2.32 bits per heavy atom. The molecule has 0 aliphatic carbocycles. The summed E-state index contributed by atoms with van der Waals surface area (Å²) in [6.07, 6.45) is 2.40. The summed E-state index contributed by atoms with van der Waals surface area (Å²) in [5.74, 6) is 0.654. The monoisotopic (exact) mass is 346 g/mol. The average molecular weight is 346 g/mol. The van der Waals surface area contributed by atoms with E-state index in [4.69, 9.17) is 4.74 Å². The van der Waals surface area contributed by atoms with Gasteiger partial charge in [-0.1, -0.05) is 20.8 Å². The number of nitrogens with zero attached hydrogens (tertiary/aromatic N) is 1. The van der Waals surface area contributed by atoms with Gasteiger partial charge < -0.3 is 15.0 Å². The molecule has 1 heterocycles. The van der Waals surface area contributed by atoms with Crippen LogP contribution in [0.1, 0.15) is 53.9 Å². The molecule has 0 bridgehead atoms. The van der Waals surface area contributed by atoms with E-state index < -0.39 is 0 Å². The van der Waals surface area contributed by atoms with Gasteiger partial charge in [0.2, 0.25) is 5.91 Å². The molecule has 2 rings (SSSR count). The smallest absolute Gasteiger partial charge is 0.258 e. The molecule has 5 nitrogen and oxygen atoms in total. The van der Waals surface area contributed by atoms with Crippen LogP contribution in [0.3, 0.4) is 0 Å². The van der Waals surface area contributed by atoms with E-state index >= 15 is 0 Å². The minimum atomic E-state index is -0.279. The first kappa shape index (κ1) is 19.3. The molecule has 0 radical (unpaired) electrons. The lowest BCUT2D eigenvalue weighted by atomic mass is 9.82. The van der Waals surface area contributed by atoms with Crippen LogP contribution in [0.4, 0.5) is 5.69 Å². The van der Waals surface area contributed by atoms with E-state index in [-0.39, 0.29) is 29.4 Å². The van der Waals surface area contributed by atoms with Gasteiger partial charge in [0.25, 0.3) is 5.91 Å². The number of rotatable bonds is 6. The maximum Gasteiger partial charge on any atom is 0.258 e. The minimum absolute atomic E-state index is 0.0183. The number of anilines is 1. The molecule has 0 spiro atoms. The summed E-state index contributed by atoms with van der Waals surface area (Å²) in [6, 6.07) is 7.32. The van der Waals surface area contributed by atoms with E-state index in [1.54, 1.807) is 17.0 Å². The van der Waals surface area contributed by atoms with Crippen LogP contribution >= 0.6 is 0 Å². The molecule has 1 aliphatic heterocycles. The van der Waals surface area contributed by atoms with Crippen LogP contribution < -0.4 is 15.0 Å². The Morgan fingerprint density at radius 1 is 1.16 bits per heavy atom. The van der Waals surface area contributed by atoms with Crippen molar-refractivity contribution in [3.05, 3.63) is 24.3 Å². The van der Waals surface area contributed by atoms with E-state index in [1.807, 2.05) is 26.0 Å². The molecule has 0 unspecified atom stereocenters. The Kier molecular flexibility index (Phi) is 5.76. The molecule has 1 fully saturated rings. The Hall–Kier alpha value is -2.04. The van der Waals surface area contributed by atoms with Crippen LogP contribution in [0.2, 0.25) is 0 Å². The Labute approximate surface area is 150 Å². The van der Waals surface area contributed by atoms with Gasteiger partial charge in [-0.2, -0.15) is 0 Å². The lowest BCUT2D eigenvalue weighted by Gasteiger charge is -2.33. The van der Waals surface area contributed by atoms with Crippen molar-refractivity contribution in [2.24, 2.45) is 5.41 Å². The Balaban J connectivity index is 1.84. The zero-order chi connectivity index (χ0) is 18.7. The standard InChI is InChI=1S/C20H30N2O3/c1-19(2,3)14-20(4,5)21-17(23)13-25-16-10-8-15(9-11-16)22-12-6-7-18(22)24/h8-11H,6-7,12-14H2,1-5H3,(H,21,23). The number of hydrogen-bond acceptors (Lipinski definition) is 3. The zero-order valence-electron chi connectivity index (χ0n) is 16.0. The topological polar surface area (TPSA) is 58.6 Å². The summed E-state index contributed by atoms with van der Waals surface area (Å²) in [5, 5.41) is 3.03. The first-order valence-corrected chi connectivity index (χ1v) is 8.90. The molecule has 25 heavy (non-hydrogen) atoms. The third-order valence-electron chi connectivity index (χ3n) is 4.04. The van der Waals surface area contributed by atoms with Gasteiger partial charge in [-0.15, -0.1) is 0 Å². The summed E-state index contributed by atoms with van der Waals surface area (Å²) in [6.45, 7) is 11.3. The lowest BCUT2D eigenvalue weighted by molar-refractivity contribution is -0.125. The highest BCUT2D eigenvalue weighted by Gasteiger charge is 2.27.